The van der Waals surface area contributed by atoms with E-state index in [9.17, 15) is 4.79 Å². The van der Waals surface area contributed by atoms with Gasteiger partial charge in [-0.15, -0.1) is 10.2 Å². The molecule has 0 aliphatic carbocycles. The van der Waals surface area contributed by atoms with Crippen molar-refractivity contribution in [3.63, 3.8) is 0 Å². The van der Waals surface area contributed by atoms with Gasteiger partial charge < -0.3 is 24.1 Å². The highest BCUT2D eigenvalue weighted by Gasteiger charge is 2.19. The molecule has 1 N–H and O–H groups in total. The molecule has 3 rings (SSSR count). The number of nitrogens with one attached hydrogen (secondary N) is 1. The topological polar surface area (TPSA) is 87.5 Å². The normalized spacial score (nSPS) is 14.2. The first kappa shape index (κ1) is 17.2. The van der Waals surface area contributed by atoms with Gasteiger partial charge in [0.05, 0.1) is 6.04 Å². The number of methoxy groups -OCH3 is 1. The third-order valence-corrected chi connectivity index (χ3v) is 3.93. The minimum Gasteiger partial charge on any atom is -0.486 e. The van der Waals surface area contributed by atoms with Crippen LogP contribution in [-0.2, 0) is 11.3 Å². The summed E-state index contributed by atoms with van der Waals surface area (Å²) in [7, 11) is 1.67. The van der Waals surface area contributed by atoms with E-state index in [1.54, 1.807) is 31.6 Å². The summed E-state index contributed by atoms with van der Waals surface area (Å²) < 4.78 is 18.0. The Balaban J connectivity index is 1.66. The average molecular weight is 346 g/mol. The van der Waals surface area contributed by atoms with Crippen LogP contribution < -0.4 is 14.8 Å². The largest absolute Gasteiger partial charge is 0.486 e. The van der Waals surface area contributed by atoms with Gasteiger partial charge in [-0.25, -0.2) is 0 Å². The van der Waals surface area contributed by atoms with Crippen LogP contribution in [0.4, 0.5) is 0 Å². The Bertz CT molecular complexity index is 731. The van der Waals surface area contributed by atoms with E-state index in [-0.39, 0.29) is 11.9 Å². The summed E-state index contributed by atoms with van der Waals surface area (Å²) in [5.41, 5.74) is 0.515. The lowest BCUT2D eigenvalue weighted by molar-refractivity contribution is 0.0936. The minimum atomic E-state index is -0.272. The Morgan fingerprint density at radius 1 is 1.36 bits per heavy atom. The Kier molecular flexibility index (Phi) is 5.49. The molecule has 0 saturated heterocycles. The van der Waals surface area contributed by atoms with Crippen molar-refractivity contribution < 1.29 is 19.0 Å². The molecule has 0 saturated carbocycles. The van der Waals surface area contributed by atoms with Crippen LogP contribution in [0.1, 0.15) is 35.6 Å². The number of hydrogen-bond acceptors (Lipinski definition) is 6. The number of carbonyl (C=O) groups excluding carboxylic acids is 1. The van der Waals surface area contributed by atoms with Crippen LogP contribution >= 0.6 is 0 Å². The number of nitrogens with zero attached hydrogens (tertiary/aromatic N) is 3. The number of rotatable bonds is 7. The molecule has 1 atom stereocenters. The fraction of sp³-hybridized carbons (Fsp3) is 0.471. The number of amides is 1. The first-order valence-electron chi connectivity index (χ1n) is 8.26. The molecule has 1 aliphatic heterocycles. The molecule has 2 heterocycles. The summed E-state index contributed by atoms with van der Waals surface area (Å²) in [6.45, 7) is 4.29. The van der Waals surface area contributed by atoms with Gasteiger partial charge >= 0.3 is 0 Å². The van der Waals surface area contributed by atoms with E-state index in [1.165, 1.54) is 0 Å². The van der Waals surface area contributed by atoms with Crippen LogP contribution in [0, 0.1) is 0 Å². The maximum Gasteiger partial charge on any atom is 0.252 e. The molecule has 8 nitrogen and oxygen atoms in total. The number of aryl methyl sites for hydroxylation is 1. The van der Waals surface area contributed by atoms with E-state index in [2.05, 4.69) is 15.5 Å². The van der Waals surface area contributed by atoms with Gasteiger partial charge in [0.2, 0.25) is 0 Å². The number of ether oxygens (including phenoxy) is 3. The molecular weight excluding hydrogens is 324 g/mol. The third kappa shape index (κ3) is 4.08. The summed E-state index contributed by atoms with van der Waals surface area (Å²) in [6.07, 6.45) is 2.52. The van der Waals surface area contributed by atoms with Crippen molar-refractivity contribution in [2.75, 3.05) is 26.9 Å². The third-order valence-electron chi connectivity index (χ3n) is 3.93. The van der Waals surface area contributed by atoms with Crippen LogP contribution in [0.25, 0.3) is 0 Å². The van der Waals surface area contributed by atoms with Crippen molar-refractivity contribution in [3.8, 4) is 11.5 Å². The Labute approximate surface area is 146 Å². The summed E-state index contributed by atoms with van der Waals surface area (Å²) in [5.74, 6) is 1.76. The number of aromatic nitrogens is 3. The Hall–Kier alpha value is -2.61. The van der Waals surface area contributed by atoms with Crippen molar-refractivity contribution in [2.45, 2.75) is 25.9 Å². The van der Waals surface area contributed by atoms with Crippen molar-refractivity contribution in [2.24, 2.45) is 0 Å². The molecule has 0 spiro atoms. The SMILES string of the molecule is COCCCn1cnnc1[C@H](C)NC(=O)c1ccc2c(c1)OCCO2. The van der Waals surface area contributed by atoms with Crippen LogP contribution in [0.5, 0.6) is 11.5 Å². The number of benzene rings is 1. The fourth-order valence-electron chi connectivity index (χ4n) is 2.68. The van der Waals surface area contributed by atoms with Crippen LogP contribution in [0.15, 0.2) is 24.5 Å². The first-order valence-corrected chi connectivity index (χ1v) is 8.26. The highest BCUT2D eigenvalue weighted by molar-refractivity contribution is 5.95. The second kappa shape index (κ2) is 7.98. The standard InChI is InChI=1S/C17H22N4O4/c1-12(16-20-18-11-21(16)6-3-7-23-2)19-17(22)13-4-5-14-15(10-13)25-9-8-24-14/h4-5,10-12H,3,6-9H2,1-2H3,(H,19,22)/t12-/m0/s1. The van der Waals surface area contributed by atoms with Gasteiger partial charge in [0.25, 0.3) is 5.91 Å². The molecular formula is C17H22N4O4. The van der Waals surface area contributed by atoms with E-state index in [1.807, 2.05) is 11.5 Å². The number of carbonyl (C=O) groups is 1. The van der Waals surface area contributed by atoms with Crippen molar-refractivity contribution in [3.05, 3.63) is 35.9 Å². The maximum atomic E-state index is 12.5. The molecule has 25 heavy (non-hydrogen) atoms. The van der Waals surface area contributed by atoms with E-state index in [0.717, 1.165) is 13.0 Å². The molecule has 0 radical (unpaired) electrons. The zero-order valence-electron chi connectivity index (χ0n) is 14.4. The van der Waals surface area contributed by atoms with Gasteiger partial charge in [-0.2, -0.15) is 0 Å². The van der Waals surface area contributed by atoms with Gasteiger partial charge in [-0.05, 0) is 31.5 Å². The fourth-order valence-corrected chi connectivity index (χ4v) is 2.68. The lowest BCUT2D eigenvalue weighted by atomic mass is 10.1. The molecule has 1 aromatic carbocycles. The Morgan fingerprint density at radius 2 is 2.16 bits per heavy atom. The van der Waals surface area contributed by atoms with Gasteiger partial charge in [0.15, 0.2) is 17.3 Å². The Morgan fingerprint density at radius 3 is 2.96 bits per heavy atom. The summed E-state index contributed by atoms with van der Waals surface area (Å²) in [5, 5.41) is 11.0. The lowest BCUT2D eigenvalue weighted by Crippen LogP contribution is -2.29. The minimum absolute atomic E-state index is 0.198. The number of fused-ring (bicyclic) bond motifs is 1. The lowest BCUT2D eigenvalue weighted by Gasteiger charge is -2.19. The zero-order chi connectivity index (χ0) is 17.6. The van der Waals surface area contributed by atoms with Gasteiger partial charge in [0.1, 0.15) is 19.5 Å². The van der Waals surface area contributed by atoms with Crippen LogP contribution in [0.3, 0.4) is 0 Å². The van der Waals surface area contributed by atoms with Gasteiger partial charge in [-0.1, -0.05) is 0 Å². The first-order chi connectivity index (χ1) is 12.2. The van der Waals surface area contributed by atoms with Gasteiger partial charge in [-0.3, -0.25) is 4.79 Å². The van der Waals surface area contributed by atoms with Crippen LogP contribution in [-0.4, -0.2) is 47.6 Å². The molecule has 134 valence electrons. The second-order valence-electron chi connectivity index (χ2n) is 5.78. The van der Waals surface area contributed by atoms with E-state index in [4.69, 9.17) is 14.2 Å². The van der Waals surface area contributed by atoms with Crippen molar-refractivity contribution in [1.82, 2.24) is 20.1 Å². The quantitative estimate of drug-likeness (QED) is 0.766. The summed E-state index contributed by atoms with van der Waals surface area (Å²) in [4.78, 5) is 12.5. The smallest absolute Gasteiger partial charge is 0.252 e. The number of hydrogen-bond donors (Lipinski definition) is 1. The average Bonchev–Trinajstić information content (AvgIpc) is 3.10. The predicted molar refractivity (Wildman–Crippen MR) is 89.8 cm³/mol. The summed E-state index contributed by atoms with van der Waals surface area (Å²) >= 11 is 0. The molecule has 1 aliphatic rings. The van der Waals surface area contributed by atoms with Crippen molar-refractivity contribution in [1.29, 1.82) is 0 Å². The molecule has 1 amide bonds. The molecule has 1 aromatic heterocycles. The molecule has 0 bridgehead atoms. The van der Waals surface area contributed by atoms with E-state index in [0.29, 0.717) is 42.7 Å². The van der Waals surface area contributed by atoms with E-state index >= 15 is 0 Å². The van der Waals surface area contributed by atoms with Crippen LogP contribution in [0.2, 0.25) is 0 Å². The molecule has 8 heteroatoms. The predicted octanol–water partition coefficient (Wildman–Crippen LogP) is 1.58. The van der Waals surface area contributed by atoms with Gasteiger partial charge in [0, 0.05) is 25.8 Å². The highest BCUT2D eigenvalue weighted by Crippen LogP contribution is 2.30. The van der Waals surface area contributed by atoms with E-state index < -0.39 is 0 Å². The highest BCUT2D eigenvalue weighted by atomic mass is 16.6. The molecule has 0 fully saturated rings. The second-order valence-corrected chi connectivity index (χ2v) is 5.78. The molecule has 0 unspecified atom stereocenters. The molecule has 2 aromatic rings. The summed E-state index contributed by atoms with van der Waals surface area (Å²) in [6, 6.07) is 4.89. The van der Waals surface area contributed by atoms with Crippen molar-refractivity contribution >= 4 is 5.91 Å². The zero-order valence-corrected chi connectivity index (χ0v) is 14.4. The maximum absolute atomic E-state index is 12.5. The monoisotopic (exact) mass is 346 g/mol.